The number of nitrogens with one attached hydrogen (secondary N) is 2. The molecule has 3 aromatic rings. The summed E-state index contributed by atoms with van der Waals surface area (Å²) in [6.07, 6.45) is 1.66. The van der Waals surface area contributed by atoms with E-state index in [0.717, 1.165) is 5.56 Å². The Bertz CT molecular complexity index is 1170. The van der Waals surface area contributed by atoms with Gasteiger partial charge < -0.3 is 10.6 Å². The molecule has 2 unspecified atom stereocenters. The number of rotatable bonds is 2. The van der Waals surface area contributed by atoms with Gasteiger partial charge in [-0.25, -0.2) is 4.68 Å². The largest absolute Gasteiger partial charge is 0.325 e. The average molecular weight is 427 g/mol. The van der Waals surface area contributed by atoms with E-state index in [1.54, 1.807) is 29.1 Å². The molecule has 0 bridgehead atoms. The SMILES string of the molecule is CC(c1ccc(Cl)cc1)n1ncc2c1NC(=O)CC21C(=O)Nc2ccc(Cl)cc21. The number of carbonyl (C=O) groups is 2. The first kappa shape index (κ1) is 18.2. The van der Waals surface area contributed by atoms with Gasteiger partial charge in [0, 0.05) is 27.7 Å². The molecule has 2 N–H and O–H groups in total. The van der Waals surface area contributed by atoms with Gasteiger partial charge in [0.1, 0.15) is 11.2 Å². The number of aromatic nitrogens is 2. The van der Waals surface area contributed by atoms with E-state index in [2.05, 4.69) is 15.7 Å². The van der Waals surface area contributed by atoms with Gasteiger partial charge in [0.25, 0.3) is 0 Å². The van der Waals surface area contributed by atoms with Gasteiger partial charge in [0.2, 0.25) is 11.8 Å². The van der Waals surface area contributed by atoms with E-state index in [-0.39, 0.29) is 24.3 Å². The van der Waals surface area contributed by atoms with E-state index >= 15 is 0 Å². The van der Waals surface area contributed by atoms with Crippen molar-refractivity contribution in [1.82, 2.24) is 9.78 Å². The van der Waals surface area contributed by atoms with Crippen LogP contribution in [0, 0.1) is 0 Å². The van der Waals surface area contributed by atoms with E-state index in [1.807, 2.05) is 31.2 Å². The fourth-order valence-corrected chi connectivity index (χ4v) is 4.56. The zero-order valence-electron chi connectivity index (χ0n) is 15.4. The molecule has 2 amide bonds. The molecule has 0 saturated carbocycles. The fourth-order valence-electron chi connectivity index (χ4n) is 4.26. The Labute approximate surface area is 176 Å². The third-order valence-electron chi connectivity index (χ3n) is 5.74. The maximum absolute atomic E-state index is 13.1. The lowest BCUT2D eigenvalue weighted by molar-refractivity contribution is -0.125. The second kappa shape index (κ2) is 6.34. The van der Waals surface area contributed by atoms with E-state index in [1.165, 1.54) is 0 Å². The van der Waals surface area contributed by atoms with Gasteiger partial charge in [-0.05, 0) is 48.4 Å². The maximum atomic E-state index is 13.1. The monoisotopic (exact) mass is 426 g/mol. The molecule has 6 nitrogen and oxygen atoms in total. The molecule has 0 aliphatic carbocycles. The summed E-state index contributed by atoms with van der Waals surface area (Å²) >= 11 is 12.2. The van der Waals surface area contributed by atoms with Crippen LogP contribution in [0.1, 0.15) is 36.1 Å². The summed E-state index contributed by atoms with van der Waals surface area (Å²) in [6.45, 7) is 1.98. The van der Waals surface area contributed by atoms with Crippen LogP contribution in [0.15, 0.2) is 48.7 Å². The van der Waals surface area contributed by atoms with Gasteiger partial charge in [-0.1, -0.05) is 35.3 Å². The van der Waals surface area contributed by atoms with Crippen molar-refractivity contribution in [3.8, 4) is 0 Å². The Kier molecular flexibility index (Phi) is 3.98. The number of nitrogens with zero attached hydrogens (tertiary/aromatic N) is 2. The maximum Gasteiger partial charge on any atom is 0.240 e. The third kappa shape index (κ3) is 2.59. The molecule has 0 radical (unpaired) electrons. The molecule has 2 aliphatic heterocycles. The molecule has 0 fully saturated rings. The average Bonchev–Trinajstić information content (AvgIpc) is 3.22. The van der Waals surface area contributed by atoms with Gasteiger partial charge in [-0.3, -0.25) is 9.59 Å². The van der Waals surface area contributed by atoms with Crippen molar-refractivity contribution in [3.05, 3.63) is 75.4 Å². The van der Waals surface area contributed by atoms with Crippen LogP contribution in [0.5, 0.6) is 0 Å². The van der Waals surface area contributed by atoms with Gasteiger partial charge in [-0.15, -0.1) is 0 Å². The standard InChI is InChI=1S/C21H16Cl2N4O2/c1-11(12-2-4-13(22)5-3-12)27-19-16(10-24-27)21(9-18(28)26-19)15-8-14(23)6-7-17(15)25-20(21)29/h2-8,10-11H,9H2,1H3,(H,25,29)(H,26,28). The van der Waals surface area contributed by atoms with Crippen LogP contribution < -0.4 is 10.6 Å². The van der Waals surface area contributed by atoms with Crippen LogP contribution in [0.2, 0.25) is 10.0 Å². The number of hydrogen-bond donors (Lipinski definition) is 2. The number of halogens is 2. The summed E-state index contributed by atoms with van der Waals surface area (Å²) in [7, 11) is 0. The Balaban J connectivity index is 1.68. The van der Waals surface area contributed by atoms with E-state index in [4.69, 9.17) is 23.2 Å². The molecule has 2 aromatic carbocycles. The lowest BCUT2D eigenvalue weighted by Gasteiger charge is -2.32. The molecule has 146 valence electrons. The van der Waals surface area contributed by atoms with Crippen molar-refractivity contribution in [2.24, 2.45) is 0 Å². The highest BCUT2D eigenvalue weighted by Crippen LogP contribution is 2.50. The molecule has 2 aliphatic rings. The van der Waals surface area contributed by atoms with Crippen molar-refractivity contribution in [2.75, 3.05) is 10.6 Å². The highest BCUT2D eigenvalue weighted by Gasteiger charge is 2.54. The third-order valence-corrected chi connectivity index (χ3v) is 6.22. The lowest BCUT2D eigenvalue weighted by atomic mass is 9.72. The molecule has 3 heterocycles. The summed E-state index contributed by atoms with van der Waals surface area (Å²) in [4.78, 5) is 25.8. The first-order valence-electron chi connectivity index (χ1n) is 9.15. The molecule has 8 heteroatoms. The molecule has 2 atom stereocenters. The Hall–Kier alpha value is -2.83. The predicted octanol–water partition coefficient (Wildman–Crippen LogP) is 4.38. The number of hydrogen-bond acceptors (Lipinski definition) is 3. The number of anilines is 2. The zero-order valence-corrected chi connectivity index (χ0v) is 16.9. The Morgan fingerprint density at radius 2 is 1.76 bits per heavy atom. The Morgan fingerprint density at radius 1 is 1.03 bits per heavy atom. The number of carbonyl (C=O) groups excluding carboxylic acids is 2. The van der Waals surface area contributed by atoms with Crippen molar-refractivity contribution >= 4 is 46.5 Å². The summed E-state index contributed by atoms with van der Waals surface area (Å²) in [5.74, 6) is 0.0294. The van der Waals surface area contributed by atoms with Crippen molar-refractivity contribution in [3.63, 3.8) is 0 Å². The van der Waals surface area contributed by atoms with E-state index in [0.29, 0.717) is 32.7 Å². The minimum absolute atomic E-state index is 0.000193. The molecular formula is C21H16Cl2N4O2. The summed E-state index contributed by atoms with van der Waals surface area (Å²) in [6, 6.07) is 12.5. The summed E-state index contributed by atoms with van der Waals surface area (Å²) in [5, 5.41) is 11.5. The normalized spacial score (nSPS) is 20.8. The van der Waals surface area contributed by atoms with Crippen LogP contribution in [0.25, 0.3) is 0 Å². The highest BCUT2D eigenvalue weighted by atomic mass is 35.5. The van der Waals surface area contributed by atoms with E-state index in [9.17, 15) is 9.59 Å². The molecule has 1 spiro atoms. The Morgan fingerprint density at radius 3 is 2.52 bits per heavy atom. The molecule has 5 rings (SSSR count). The lowest BCUT2D eigenvalue weighted by Crippen LogP contribution is -2.43. The fraction of sp³-hybridized carbons (Fsp3) is 0.190. The highest BCUT2D eigenvalue weighted by molar-refractivity contribution is 6.31. The van der Waals surface area contributed by atoms with Crippen molar-refractivity contribution in [2.45, 2.75) is 24.8 Å². The first-order valence-corrected chi connectivity index (χ1v) is 9.90. The summed E-state index contributed by atoms with van der Waals surface area (Å²) in [5.41, 5.74) is 1.86. The van der Waals surface area contributed by atoms with E-state index < -0.39 is 5.41 Å². The number of benzene rings is 2. The van der Waals surface area contributed by atoms with Crippen LogP contribution in [-0.4, -0.2) is 21.6 Å². The molecular weight excluding hydrogens is 411 g/mol. The second-order valence-electron chi connectivity index (χ2n) is 7.35. The number of fused-ring (bicyclic) bond motifs is 4. The van der Waals surface area contributed by atoms with Gasteiger partial charge >= 0.3 is 0 Å². The van der Waals surface area contributed by atoms with Crippen LogP contribution in [0.3, 0.4) is 0 Å². The first-order chi connectivity index (χ1) is 13.9. The molecule has 1 aromatic heterocycles. The van der Waals surface area contributed by atoms with Crippen LogP contribution in [0.4, 0.5) is 11.5 Å². The molecule has 29 heavy (non-hydrogen) atoms. The number of amides is 2. The van der Waals surface area contributed by atoms with Crippen molar-refractivity contribution < 1.29 is 9.59 Å². The van der Waals surface area contributed by atoms with Gasteiger partial charge in [0.05, 0.1) is 12.2 Å². The zero-order chi connectivity index (χ0) is 20.3. The topological polar surface area (TPSA) is 76.0 Å². The smallest absolute Gasteiger partial charge is 0.240 e. The van der Waals surface area contributed by atoms with Crippen LogP contribution in [-0.2, 0) is 15.0 Å². The molecule has 0 saturated heterocycles. The minimum atomic E-state index is -1.14. The predicted molar refractivity (Wildman–Crippen MR) is 112 cm³/mol. The minimum Gasteiger partial charge on any atom is -0.325 e. The van der Waals surface area contributed by atoms with Crippen molar-refractivity contribution in [1.29, 1.82) is 0 Å². The summed E-state index contributed by atoms with van der Waals surface area (Å²) < 4.78 is 1.73. The van der Waals surface area contributed by atoms with Gasteiger partial charge in [-0.2, -0.15) is 5.10 Å². The van der Waals surface area contributed by atoms with Crippen LogP contribution >= 0.6 is 23.2 Å². The second-order valence-corrected chi connectivity index (χ2v) is 8.23. The quantitative estimate of drug-likeness (QED) is 0.638. The van der Waals surface area contributed by atoms with Gasteiger partial charge in [0.15, 0.2) is 0 Å².